The number of amidine groups is 1. The van der Waals surface area contributed by atoms with Crippen molar-refractivity contribution in [1.29, 1.82) is 5.26 Å². The smallest absolute Gasteiger partial charge is 0.315 e. The highest BCUT2D eigenvalue weighted by atomic mass is 19.3. The van der Waals surface area contributed by atoms with Crippen LogP contribution in [0.1, 0.15) is 29.7 Å². The van der Waals surface area contributed by atoms with Gasteiger partial charge in [-0.2, -0.15) is 24.0 Å². The van der Waals surface area contributed by atoms with Crippen LogP contribution in [0, 0.1) is 23.0 Å². The summed E-state index contributed by atoms with van der Waals surface area (Å²) in [5, 5.41) is 12.7. The average molecular weight is 417 g/mol. The van der Waals surface area contributed by atoms with Crippen LogP contribution in [0.3, 0.4) is 0 Å². The number of aliphatic imine (C=N–C) groups is 1. The van der Waals surface area contributed by atoms with Crippen LogP contribution in [0.2, 0.25) is 0 Å². The Kier molecular flexibility index (Phi) is 5.03. The highest BCUT2D eigenvalue weighted by Gasteiger charge is 2.41. The molecule has 11 heteroatoms. The highest BCUT2D eigenvalue weighted by molar-refractivity contribution is 5.91. The molecule has 2 aromatic rings. The zero-order valence-electron chi connectivity index (χ0n) is 15.1. The second-order valence-electron chi connectivity index (χ2n) is 6.47. The van der Waals surface area contributed by atoms with E-state index in [4.69, 9.17) is 5.73 Å². The van der Waals surface area contributed by atoms with Gasteiger partial charge in [0.25, 0.3) is 17.6 Å². The van der Waals surface area contributed by atoms with Gasteiger partial charge in [-0.05, 0) is 28.9 Å². The molecule has 2 aliphatic heterocycles. The Hall–Kier alpha value is -3.62. The molecular formula is C19H13F4N6O+. The number of alkyl halides is 2. The van der Waals surface area contributed by atoms with Crippen molar-refractivity contribution in [2.24, 2.45) is 10.7 Å². The maximum absolute atomic E-state index is 14.2. The van der Waals surface area contributed by atoms with Gasteiger partial charge in [-0.15, -0.1) is 0 Å². The molecule has 3 N–H and O–H groups in total. The van der Waals surface area contributed by atoms with E-state index in [-0.39, 0.29) is 29.0 Å². The van der Waals surface area contributed by atoms with Crippen LogP contribution in [-0.2, 0) is 0 Å². The van der Waals surface area contributed by atoms with Crippen molar-refractivity contribution in [3.8, 4) is 6.07 Å². The molecule has 0 saturated heterocycles. The second kappa shape index (κ2) is 7.66. The number of fused-ring (bicyclic) bond motifs is 1. The summed E-state index contributed by atoms with van der Waals surface area (Å²) >= 11 is 0. The van der Waals surface area contributed by atoms with Gasteiger partial charge in [0.15, 0.2) is 0 Å². The molecule has 0 bridgehead atoms. The van der Waals surface area contributed by atoms with Crippen LogP contribution in [0.25, 0.3) is 0 Å². The lowest BCUT2D eigenvalue weighted by atomic mass is 9.91. The molecule has 1 aromatic heterocycles. The van der Waals surface area contributed by atoms with Gasteiger partial charge in [0.2, 0.25) is 6.17 Å². The van der Waals surface area contributed by atoms with Crippen molar-refractivity contribution in [3.63, 3.8) is 0 Å². The molecule has 0 spiro atoms. The van der Waals surface area contributed by atoms with Crippen LogP contribution < -0.4 is 10.6 Å². The Morgan fingerprint density at radius 3 is 2.80 bits per heavy atom. The van der Waals surface area contributed by atoms with Crippen LogP contribution in [0.15, 0.2) is 63.3 Å². The normalized spacial score (nSPS) is 21.4. The number of aromatic nitrogens is 2. The SMILES string of the molecule is N#C/C=C(/C1=C[NH+]2C(c3noc(C(F)F)n3)=NC2C=C1)C(N)c1ccc(F)cc1F. The first-order chi connectivity index (χ1) is 14.4. The number of nitrogens with two attached hydrogens (primary N) is 1. The number of nitriles is 1. The summed E-state index contributed by atoms with van der Waals surface area (Å²) < 4.78 is 57.3. The number of hydrogen-bond donors (Lipinski definition) is 2. The van der Waals surface area contributed by atoms with E-state index in [1.54, 1.807) is 18.4 Å². The first kappa shape index (κ1) is 19.7. The number of nitrogens with zero attached hydrogens (tertiary/aromatic N) is 4. The van der Waals surface area contributed by atoms with E-state index in [9.17, 15) is 22.8 Å². The first-order valence-corrected chi connectivity index (χ1v) is 8.66. The van der Waals surface area contributed by atoms with E-state index in [0.717, 1.165) is 6.07 Å². The minimum absolute atomic E-state index is 0.0153. The van der Waals surface area contributed by atoms with E-state index in [1.165, 1.54) is 12.1 Å². The zero-order valence-corrected chi connectivity index (χ0v) is 15.1. The number of halogens is 4. The van der Waals surface area contributed by atoms with Gasteiger partial charge in [0.1, 0.15) is 17.8 Å². The number of benzene rings is 1. The standard InChI is InChI=1S/C19H12F4N6O/c20-10-2-3-12(13(21)7-10)15(25)11(5-6-24)9-1-4-14-26-18(29(14)8-9)17-27-19(16(22)23)30-28-17/h1-5,7-8,14-16H,25H2/p+1/b11-5-. The molecule has 3 atom stereocenters. The summed E-state index contributed by atoms with van der Waals surface area (Å²) in [6, 6.07) is 3.83. The fourth-order valence-corrected chi connectivity index (χ4v) is 3.20. The van der Waals surface area contributed by atoms with Gasteiger partial charge < -0.3 is 10.3 Å². The van der Waals surface area contributed by atoms with E-state index in [1.807, 2.05) is 6.07 Å². The highest BCUT2D eigenvalue weighted by Crippen LogP contribution is 2.29. The summed E-state index contributed by atoms with van der Waals surface area (Å²) in [7, 11) is 0. The van der Waals surface area contributed by atoms with E-state index >= 15 is 0 Å². The molecule has 3 heterocycles. The van der Waals surface area contributed by atoms with Gasteiger partial charge in [-0.25, -0.2) is 13.7 Å². The molecular weight excluding hydrogens is 404 g/mol. The van der Waals surface area contributed by atoms with Crippen molar-refractivity contribution in [2.75, 3.05) is 0 Å². The third kappa shape index (κ3) is 3.42. The quantitative estimate of drug-likeness (QED) is 0.571. The van der Waals surface area contributed by atoms with E-state index in [0.29, 0.717) is 16.5 Å². The third-order valence-corrected chi connectivity index (χ3v) is 4.66. The first-order valence-electron chi connectivity index (χ1n) is 8.66. The topological polar surface area (TPSA) is 106 Å². The van der Waals surface area contributed by atoms with Crippen molar-refractivity contribution in [3.05, 3.63) is 82.7 Å². The summed E-state index contributed by atoms with van der Waals surface area (Å²) in [6.45, 7) is 0. The molecule has 0 amide bonds. The van der Waals surface area contributed by atoms with Crippen LogP contribution >= 0.6 is 0 Å². The summed E-state index contributed by atoms with van der Waals surface area (Å²) in [5.41, 5.74) is 6.96. The van der Waals surface area contributed by atoms with Crippen LogP contribution in [0.5, 0.6) is 0 Å². The van der Waals surface area contributed by atoms with E-state index < -0.39 is 30.0 Å². The van der Waals surface area contributed by atoms with Gasteiger partial charge in [0, 0.05) is 23.3 Å². The van der Waals surface area contributed by atoms with E-state index in [2.05, 4.69) is 19.7 Å². The predicted molar refractivity (Wildman–Crippen MR) is 94.7 cm³/mol. The molecule has 30 heavy (non-hydrogen) atoms. The fourth-order valence-electron chi connectivity index (χ4n) is 3.20. The monoisotopic (exact) mass is 417 g/mol. The molecule has 0 fully saturated rings. The summed E-state index contributed by atoms with van der Waals surface area (Å²) in [4.78, 5) is 8.49. The average Bonchev–Trinajstić information content (AvgIpc) is 3.17. The molecule has 0 radical (unpaired) electrons. The lowest BCUT2D eigenvalue weighted by molar-refractivity contribution is -0.791. The largest absolute Gasteiger partial charge is 0.332 e. The number of nitrogens with one attached hydrogen (secondary N) is 1. The number of allylic oxidation sites excluding steroid dienone is 2. The van der Waals surface area contributed by atoms with Crippen molar-refractivity contribution >= 4 is 5.84 Å². The molecule has 0 aliphatic carbocycles. The maximum atomic E-state index is 14.2. The van der Waals surface area contributed by atoms with Crippen LogP contribution in [-0.4, -0.2) is 22.1 Å². The van der Waals surface area contributed by atoms with Gasteiger partial charge >= 0.3 is 6.43 Å². The van der Waals surface area contributed by atoms with Crippen molar-refractivity contribution < 1.29 is 27.0 Å². The van der Waals surface area contributed by atoms with Gasteiger partial charge in [-0.1, -0.05) is 6.07 Å². The minimum Gasteiger partial charge on any atom is -0.332 e. The summed E-state index contributed by atoms with van der Waals surface area (Å²) in [5.74, 6) is -2.21. The summed E-state index contributed by atoms with van der Waals surface area (Å²) in [6.07, 6.45) is 2.96. The molecule has 0 saturated carbocycles. The molecule has 2 aliphatic rings. The maximum Gasteiger partial charge on any atom is 0.315 e. The van der Waals surface area contributed by atoms with Crippen molar-refractivity contribution in [1.82, 2.24) is 10.1 Å². The minimum atomic E-state index is -2.90. The Balaban J connectivity index is 1.64. The lowest BCUT2D eigenvalue weighted by Gasteiger charge is -2.31. The molecule has 3 unspecified atom stereocenters. The molecule has 1 aromatic carbocycles. The van der Waals surface area contributed by atoms with Gasteiger partial charge in [-0.3, -0.25) is 0 Å². The molecule has 7 nitrogen and oxygen atoms in total. The Labute approximate surface area is 167 Å². The second-order valence-corrected chi connectivity index (χ2v) is 6.47. The fraction of sp³-hybridized carbons (Fsp3) is 0.158. The van der Waals surface area contributed by atoms with Crippen LogP contribution in [0.4, 0.5) is 17.6 Å². The Morgan fingerprint density at radius 1 is 1.33 bits per heavy atom. The molecule has 152 valence electrons. The predicted octanol–water partition coefficient (Wildman–Crippen LogP) is 1.86. The lowest BCUT2D eigenvalue weighted by Crippen LogP contribution is -3.19. The van der Waals surface area contributed by atoms with Crippen molar-refractivity contribution in [2.45, 2.75) is 18.6 Å². The number of rotatable bonds is 5. The Morgan fingerprint density at radius 2 is 2.13 bits per heavy atom. The van der Waals surface area contributed by atoms with Gasteiger partial charge in [0.05, 0.1) is 12.1 Å². The third-order valence-electron chi connectivity index (χ3n) is 4.66. The number of quaternary nitrogens is 1. The zero-order chi connectivity index (χ0) is 21.4. The number of hydrogen-bond acceptors (Lipinski definition) is 6. The Bertz CT molecular complexity index is 1160. The molecule has 4 rings (SSSR count).